The number of carbonyl (C=O) groups excluding carboxylic acids is 3. The maximum absolute atomic E-state index is 13.2. The minimum Gasteiger partial charge on any atom is -0.388 e. The van der Waals surface area contributed by atoms with Gasteiger partial charge in [0.1, 0.15) is 12.2 Å². The van der Waals surface area contributed by atoms with Crippen LogP contribution < -0.4 is 31.5 Å². The number of imidazole rings is 1. The Hall–Kier alpha value is -6.33. The van der Waals surface area contributed by atoms with E-state index in [0.717, 1.165) is 11.1 Å². The predicted octanol–water partition coefficient (Wildman–Crippen LogP) is 3.21. The molecule has 59 heavy (non-hydrogen) atoms. The lowest BCUT2D eigenvalue weighted by molar-refractivity contribution is -0.122. The minimum absolute atomic E-state index is 0.0101. The smallest absolute Gasteiger partial charge is 0.321 e. The van der Waals surface area contributed by atoms with Crippen molar-refractivity contribution < 1.29 is 24.6 Å². The zero-order chi connectivity index (χ0) is 40.9. The fourth-order valence-corrected chi connectivity index (χ4v) is 8.32. The maximum Gasteiger partial charge on any atom is 0.321 e. The molecule has 0 radical (unpaired) electrons. The molecular weight excluding hydrogens is 753 g/mol. The van der Waals surface area contributed by atoms with Gasteiger partial charge in [0.15, 0.2) is 17.0 Å². The molecule has 8 rings (SSSR count). The van der Waals surface area contributed by atoms with Crippen LogP contribution in [0.5, 0.6) is 0 Å². The fraction of sp³-hybridized carbons (Fsp3) is 0.405. The highest BCUT2D eigenvalue weighted by Gasteiger charge is 2.44. The van der Waals surface area contributed by atoms with Crippen LogP contribution in [0.3, 0.4) is 0 Å². The van der Waals surface area contributed by atoms with Crippen LogP contribution in [0, 0.1) is 0 Å². The average Bonchev–Trinajstić information content (AvgIpc) is 4.07. The molecule has 17 heteroatoms. The summed E-state index contributed by atoms with van der Waals surface area (Å²) in [6, 6.07) is 21.8. The van der Waals surface area contributed by atoms with Crippen LogP contribution >= 0.6 is 0 Å². The Kier molecular flexibility index (Phi) is 11.8. The molecule has 308 valence electrons. The van der Waals surface area contributed by atoms with Crippen LogP contribution in [-0.2, 0) is 4.79 Å². The normalized spacial score (nSPS) is 22.8. The number of hydrogen-bond donors (Lipinski definition) is 7. The highest BCUT2D eigenvalue weighted by Crippen LogP contribution is 2.35. The van der Waals surface area contributed by atoms with Gasteiger partial charge < -0.3 is 51.2 Å². The van der Waals surface area contributed by atoms with Crippen molar-refractivity contribution in [1.82, 2.24) is 45.4 Å². The van der Waals surface area contributed by atoms with Gasteiger partial charge in [-0.15, -0.1) is 0 Å². The van der Waals surface area contributed by atoms with E-state index in [0.29, 0.717) is 74.2 Å². The molecular formula is C42H50N12O5. The maximum atomic E-state index is 13.2. The van der Waals surface area contributed by atoms with Gasteiger partial charge in [0.2, 0.25) is 11.9 Å². The molecule has 6 atom stereocenters. The molecule has 3 aliphatic rings. The second-order valence-corrected chi connectivity index (χ2v) is 15.4. The molecule has 2 saturated heterocycles. The Morgan fingerprint density at radius 3 is 2.25 bits per heavy atom. The van der Waals surface area contributed by atoms with E-state index >= 15 is 0 Å². The molecule has 0 bridgehead atoms. The van der Waals surface area contributed by atoms with E-state index in [-0.39, 0.29) is 48.8 Å². The molecule has 0 spiro atoms. The van der Waals surface area contributed by atoms with Crippen molar-refractivity contribution in [2.24, 2.45) is 0 Å². The summed E-state index contributed by atoms with van der Waals surface area (Å²) in [5.41, 5.74) is 3.85. The second-order valence-electron chi connectivity index (χ2n) is 15.4. The summed E-state index contributed by atoms with van der Waals surface area (Å²) in [6.07, 6.45) is 4.31. The molecule has 17 nitrogen and oxygen atoms in total. The van der Waals surface area contributed by atoms with Crippen LogP contribution in [0.15, 0.2) is 91.5 Å². The lowest BCUT2D eigenvalue weighted by Gasteiger charge is -2.22. The van der Waals surface area contributed by atoms with Crippen LogP contribution in [0.2, 0.25) is 0 Å². The molecule has 2 aromatic carbocycles. The van der Waals surface area contributed by atoms with Gasteiger partial charge in [-0.25, -0.2) is 14.6 Å². The molecule has 3 aromatic heterocycles. The summed E-state index contributed by atoms with van der Waals surface area (Å²) in [7, 11) is 0. The van der Waals surface area contributed by atoms with E-state index in [1.165, 1.54) is 0 Å². The van der Waals surface area contributed by atoms with Gasteiger partial charge in [-0.3, -0.25) is 9.78 Å². The van der Waals surface area contributed by atoms with Gasteiger partial charge in [0, 0.05) is 63.3 Å². The van der Waals surface area contributed by atoms with Crippen molar-refractivity contribution in [3.8, 4) is 0 Å². The van der Waals surface area contributed by atoms with Crippen LogP contribution in [-0.4, -0.2) is 121 Å². The number of anilines is 3. The van der Waals surface area contributed by atoms with Crippen molar-refractivity contribution in [1.29, 1.82) is 0 Å². The van der Waals surface area contributed by atoms with E-state index in [2.05, 4.69) is 55.8 Å². The van der Waals surface area contributed by atoms with E-state index in [1.807, 2.05) is 41.3 Å². The van der Waals surface area contributed by atoms with E-state index in [4.69, 9.17) is 15.0 Å². The number of pyridine rings is 1. The number of likely N-dealkylation sites (tertiary alicyclic amines) is 1. The first kappa shape index (κ1) is 39.5. The number of aromatic nitrogens is 5. The quantitative estimate of drug-likeness (QED) is 0.0973. The van der Waals surface area contributed by atoms with Crippen molar-refractivity contribution in [2.75, 3.05) is 48.3 Å². The number of nitrogens with zero attached hydrogens (tertiary/aromatic N) is 7. The molecule has 7 N–H and O–H groups in total. The first-order valence-corrected chi connectivity index (χ1v) is 20.3. The first-order chi connectivity index (χ1) is 28.7. The monoisotopic (exact) mass is 802 g/mol. The molecule has 5 aromatic rings. The predicted molar refractivity (Wildman–Crippen MR) is 222 cm³/mol. The van der Waals surface area contributed by atoms with Gasteiger partial charge >= 0.3 is 12.1 Å². The molecule has 3 fully saturated rings. The van der Waals surface area contributed by atoms with Crippen molar-refractivity contribution in [3.63, 3.8) is 0 Å². The standard InChI is InChI=1S/C42H50N12O5/c1-2-34(55)49-32-20-33(37(57)36(32)56)54-25-45-35-38(44-22-31(26-10-5-3-6-11-26)27-12-7-4-8-13-27)50-40(51-39(35)54)52-18-15-29(23-52)46-41(58)47-30-16-19-53(24-30)42(59)48-28-14-9-17-43-21-28/h3-14,17,21,25,29-33,36-37,56-57H,2,15-16,18-20,22-24H2,1H3,(H,48,59)(H,49,55)(H,44,50,51)(H2,46,47,58)/t29-,30-,32+,33-,36-,37+/m1/s1. The largest absolute Gasteiger partial charge is 0.388 e. The average molecular weight is 803 g/mol. The second kappa shape index (κ2) is 17.7. The molecule has 5 amide bonds. The van der Waals surface area contributed by atoms with E-state index < -0.39 is 24.3 Å². The Morgan fingerprint density at radius 2 is 1.56 bits per heavy atom. The van der Waals surface area contributed by atoms with Crippen molar-refractivity contribution >= 4 is 46.6 Å². The summed E-state index contributed by atoms with van der Waals surface area (Å²) in [6.45, 7) is 4.16. The SMILES string of the molecule is CCC(=O)N[C@H]1C[C@@H](n2cnc3c(NCC(c4ccccc4)c4ccccc4)nc(N4CC[C@@H](NC(=O)N[C@@H]5CCN(C(=O)Nc6cccnc6)C5)C4)nc32)[C@H](O)[C@@H]1O. The van der Waals surface area contributed by atoms with Gasteiger partial charge in [0.25, 0.3) is 0 Å². The third-order valence-electron chi connectivity index (χ3n) is 11.5. The molecule has 1 aliphatic carbocycles. The summed E-state index contributed by atoms with van der Waals surface area (Å²) >= 11 is 0. The number of hydrogen-bond acceptors (Lipinski definition) is 11. The zero-order valence-electron chi connectivity index (χ0n) is 32.8. The highest BCUT2D eigenvalue weighted by atomic mass is 16.3. The summed E-state index contributed by atoms with van der Waals surface area (Å²) in [5.74, 6) is 0.721. The lowest BCUT2D eigenvalue weighted by atomic mass is 9.91. The van der Waals surface area contributed by atoms with Gasteiger partial charge in [-0.2, -0.15) is 9.97 Å². The van der Waals surface area contributed by atoms with E-state index in [9.17, 15) is 24.6 Å². The first-order valence-electron chi connectivity index (χ1n) is 20.3. The molecule has 2 aliphatic heterocycles. The Bertz CT molecular complexity index is 2190. The lowest BCUT2D eigenvalue weighted by Crippen LogP contribution is -2.48. The van der Waals surface area contributed by atoms with Crippen LogP contribution in [0.25, 0.3) is 11.2 Å². The number of aliphatic hydroxyl groups is 2. The molecule has 5 heterocycles. The van der Waals surface area contributed by atoms with Crippen molar-refractivity contribution in [2.45, 2.75) is 74.9 Å². The highest BCUT2D eigenvalue weighted by molar-refractivity contribution is 5.89. The number of carbonyl (C=O) groups is 3. The number of nitrogens with one attached hydrogen (secondary N) is 5. The van der Waals surface area contributed by atoms with Gasteiger partial charge in [0.05, 0.1) is 30.3 Å². The Balaban J connectivity index is 0.994. The van der Waals surface area contributed by atoms with Crippen LogP contribution in [0.1, 0.15) is 55.7 Å². The number of benzene rings is 2. The number of aliphatic hydroxyl groups excluding tert-OH is 2. The zero-order valence-corrected chi connectivity index (χ0v) is 32.8. The Labute approximate surface area is 341 Å². The topological polar surface area (TPSA) is 215 Å². The number of urea groups is 2. The third kappa shape index (κ3) is 8.90. The Morgan fingerprint density at radius 1 is 0.847 bits per heavy atom. The minimum atomic E-state index is -1.17. The van der Waals surface area contributed by atoms with Crippen molar-refractivity contribution in [3.05, 3.63) is 103 Å². The van der Waals surface area contributed by atoms with Crippen LogP contribution in [0.4, 0.5) is 27.0 Å². The van der Waals surface area contributed by atoms with E-state index in [1.54, 1.807) is 47.2 Å². The molecule has 1 saturated carbocycles. The number of rotatable bonds is 12. The summed E-state index contributed by atoms with van der Waals surface area (Å²) in [4.78, 5) is 60.7. The summed E-state index contributed by atoms with van der Waals surface area (Å²) in [5, 5.41) is 37.6. The summed E-state index contributed by atoms with van der Waals surface area (Å²) < 4.78 is 1.77. The fourth-order valence-electron chi connectivity index (χ4n) is 8.32. The van der Waals surface area contributed by atoms with Gasteiger partial charge in [-0.1, -0.05) is 67.6 Å². The third-order valence-corrected chi connectivity index (χ3v) is 11.5. The number of fused-ring (bicyclic) bond motifs is 1. The number of amides is 5. The van der Waals surface area contributed by atoms with Gasteiger partial charge in [-0.05, 0) is 42.5 Å². The molecule has 0 unspecified atom stereocenters.